The highest BCUT2D eigenvalue weighted by molar-refractivity contribution is 7.92. The normalized spacial score (nSPS) is 11.0. The molecule has 0 aliphatic rings. The molecule has 0 aliphatic heterocycles. The molecule has 0 unspecified atom stereocenters. The summed E-state index contributed by atoms with van der Waals surface area (Å²) in [7, 11) is 0.268. The van der Waals surface area contributed by atoms with Crippen molar-refractivity contribution < 1.29 is 27.4 Å². The van der Waals surface area contributed by atoms with Crippen molar-refractivity contribution in [2.75, 3.05) is 37.5 Å². The summed E-state index contributed by atoms with van der Waals surface area (Å²) >= 11 is 0. The van der Waals surface area contributed by atoms with E-state index in [0.717, 1.165) is 15.4 Å². The highest BCUT2D eigenvalue weighted by Gasteiger charge is 2.28. The molecule has 3 aromatic carbocycles. The zero-order chi connectivity index (χ0) is 24.9. The van der Waals surface area contributed by atoms with Gasteiger partial charge in [-0.25, -0.2) is 8.42 Å². The van der Waals surface area contributed by atoms with Gasteiger partial charge in [-0.1, -0.05) is 6.07 Å². The van der Waals surface area contributed by atoms with Gasteiger partial charge in [-0.3, -0.25) is 9.10 Å². The van der Waals surface area contributed by atoms with Gasteiger partial charge in [0.05, 0.1) is 31.9 Å². The summed E-state index contributed by atoms with van der Waals surface area (Å²) in [5.74, 6) is 0.736. The molecule has 0 saturated heterocycles. The van der Waals surface area contributed by atoms with Crippen LogP contribution in [0.25, 0.3) is 0 Å². The molecule has 3 aromatic rings. The molecular weight excluding hydrogens is 456 g/mol. The summed E-state index contributed by atoms with van der Waals surface area (Å²) in [5, 5.41) is 2.80. The molecule has 0 heterocycles. The summed E-state index contributed by atoms with van der Waals surface area (Å²) in [6.07, 6.45) is 0. The lowest BCUT2D eigenvalue weighted by Gasteiger charge is -2.25. The lowest BCUT2D eigenvalue weighted by Crippen LogP contribution is -2.38. The summed E-state index contributed by atoms with van der Waals surface area (Å²) in [6.45, 7) is 3.41. The van der Waals surface area contributed by atoms with Crippen LogP contribution in [0.15, 0.2) is 65.6 Å². The summed E-state index contributed by atoms with van der Waals surface area (Å²) in [6, 6.07) is 16.4. The molecule has 1 N–H and O–H groups in total. The van der Waals surface area contributed by atoms with E-state index in [0.29, 0.717) is 22.9 Å². The second-order valence-electron chi connectivity index (χ2n) is 7.65. The average molecular weight is 485 g/mol. The third kappa shape index (κ3) is 5.60. The van der Waals surface area contributed by atoms with Crippen LogP contribution in [0.5, 0.6) is 17.2 Å². The zero-order valence-corrected chi connectivity index (χ0v) is 20.6. The molecule has 9 heteroatoms. The Labute approximate surface area is 200 Å². The molecule has 0 bridgehead atoms. The molecule has 0 saturated carbocycles. The molecule has 0 aliphatic carbocycles. The maximum atomic E-state index is 13.7. The summed E-state index contributed by atoms with van der Waals surface area (Å²) in [4.78, 5) is 12.9. The number of benzene rings is 3. The number of rotatable bonds is 9. The molecule has 0 atom stereocenters. The van der Waals surface area contributed by atoms with Crippen molar-refractivity contribution in [1.29, 1.82) is 0 Å². The van der Waals surface area contributed by atoms with E-state index >= 15 is 0 Å². The van der Waals surface area contributed by atoms with Crippen molar-refractivity contribution >= 4 is 27.3 Å². The highest BCUT2D eigenvalue weighted by atomic mass is 32.2. The Morgan fingerprint density at radius 1 is 0.824 bits per heavy atom. The SMILES string of the molecule is COc1ccc(N(CC(=O)Nc2cc(C)cc(C)c2)S(=O)(=O)c2ccc(OC)c(OC)c2)cc1. The van der Waals surface area contributed by atoms with Crippen LogP contribution >= 0.6 is 0 Å². The molecule has 0 radical (unpaired) electrons. The lowest BCUT2D eigenvalue weighted by atomic mass is 10.1. The number of aryl methyl sites for hydroxylation is 2. The number of hydrogen-bond donors (Lipinski definition) is 1. The number of anilines is 2. The summed E-state index contributed by atoms with van der Waals surface area (Å²) < 4.78 is 44.0. The number of carbonyl (C=O) groups excluding carboxylic acids is 1. The number of sulfonamides is 1. The summed E-state index contributed by atoms with van der Waals surface area (Å²) in [5.41, 5.74) is 2.88. The van der Waals surface area contributed by atoms with Gasteiger partial charge in [0.2, 0.25) is 5.91 Å². The van der Waals surface area contributed by atoms with Gasteiger partial charge in [0, 0.05) is 11.8 Å². The smallest absolute Gasteiger partial charge is 0.264 e. The molecule has 3 rings (SSSR count). The zero-order valence-electron chi connectivity index (χ0n) is 19.8. The Hall–Kier alpha value is -3.72. The van der Waals surface area contributed by atoms with E-state index in [1.54, 1.807) is 24.3 Å². The largest absolute Gasteiger partial charge is 0.497 e. The second-order valence-corrected chi connectivity index (χ2v) is 9.51. The number of hydrogen-bond acceptors (Lipinski definition) is 6. The molecular formula is C25H28N2O6S. The van der Waals surface area contributed by atoms with E-state index in [9.17, 15) is 13.2 Å². The highest BCUT2D eigenvalue weighted by Crippen LogP contribution is 2.32. The monoisotopic (exact) mass is 484 g/mol. The van der Waals surface area contributed by atoms with E-state index in [4.69, 9.17) is 14.2 Å². The minimum atomic E-state index is -4.14. The third-order valence-corrected chi connectivity index (χ3v) is 6.87. The Kier molecular flexibility index (Phi) is 7.68. The van der Waals surface area contributed by atoms with E-state index in [1.165, 1.54) is 39.5 Å². The number of nitrogens with zero attached hydrogens (tertiary/aromatic N) is 1. The first-order chi connectivity index (χ1) is 16.2. The first-order valence-electron chi connectivity index (χ1n) is 10.4. The Morgan fingerprint density at radius 3 is 2.00 bits per heavy atom. The first kappa shape index (κ1) is 24.9. The quantitative estimate of drug-likeness (QED) is 0.490. The van der Waals surface area contributed by atoms with E-state index in [1.807, 2.05) is 32.0 Å². The van der Waals surface area contributed by atoms with Crippen molar-refractivity contribution in [2.45, 2.75) is 18.7 Å². The van der Waals surface area contributed by atoms with Crippen LogP contribution in [-0.2, 0) is 14.8 Å². The number of nitrogens with one attached hydrogen (secondary N) is 1. The minimum Gasteiger partial charge on any atom is -0.497 e. The standard InChI is InChI=1S/C25H28N2O6S/c1-17-12-18(2)14-19(13-17)26-25(28)16-27(20-6-8-21(31-3)9-7-20)34(29,30)22-10-11-23(32-4)24(15-22)33-5/h6-15H,16H2,1-5H3,(H,26,28). The van der Waals surface area contributed by atoms with Crippen molar-refractivity contribution in [3.8, 4) is 17.2 Å². The van der Waals surface area contributed by atoms with Crippen molar-refractivity contribution in [1.82, 2.24) is 0 Å². The van der Waals surface area contributed by atoms with Crippen LogP contribution in [0.3, 0.4) is 0 Å². The van der Waals surface area contributed by atoms with Gasteiger partial charge in [-0.05, 0) is 73.5 Å². The van der Waals surface area contributed by atoms with Crippen molar-refractivity contribution in [2.24, 2.45) is 0 Å². The fraction of sp³-hybridized carbons (Fsp3) is 0.240. The lowest BCUT2D eigenvalue weighted by molar-refractivity contribution is -0.114. The average Bonchev–Trinajstić information content (AvgIpc) is 2.81. The second kappa shape index (κ2) is 10.5. The van der Waals surface area contributed by atoms with Crippen LogP contribution in [0.1, 0.15) is 11.1 Å². The maximum Gasteiger partial charge on any atom is 0.264 e. The topological polar surface area (TPSA) is 94.2 Å². The van der Waals surface area contributed by atoms with Crippen molar-refractivity contribution in [3.05, 3.63) is 71.8 Å². The molecule has 0 aromatic heterocycles. The van der Waals surface area contributed by atoms with Gasteiger partial charge in [-0.15, -0.1) is 0 Å². The van der Waals surface area contributed by atoms with E-state index < -0.39 is 22.5 Å². The molecule has 0 spiro atoms. The van der Waals surface area contributed by atoms with Crippen LogP contribution in [0, 0.1) is 13.8 Å². The van der Waals surface area contributed by atoms with Gasteiger partial charge < -0.3 is 19.5 Å². The predicted octanol–water partition coefficient (Wildman–Crippen LogP) is 4.16. The van der Waals surface area contributed by atoms with Crippen LogP contribution in [0.2, 0.25) is 0 Å². The number of methoxy groups -OCH3 is 3. The third-order valence-electron chi connectivity index (χ3n) is 5.10. The van der Waals surface area contributed by atoms with Crippen LogP contribution < -0.4 is 23.8 Å². The number of amides is 1. The van der Waals surface area contributed by atoms with Gasteiger partial charge in [-0.2, -0.15) is 0 Å². The molecule has 8 nitrogen and oxygen atoms in total. The Balaban J connectivity index is 2.00. The fourth-order valence-corrected chi connectivity index (χ4v) is 4.98. The Morgan fingerprint density at radius 2 is 1.44 bits per heavy atom. The maximum absolute atomic E-state index is 13.7. The van der Waals surface area contributed by atoms with Crippen LogP contribution in [-0.4, -0.2) is 42.2 Å². The first-order valence-corrected chi connectivity index (χ1v) is 11.9. The number of ether oxygens (including phenoxy) is 3. The van der Waals surface area contributed by atoms with Gasteiger partial charge >= 0.3 is 0 Å². The predicted molar refractivity (Wildman–Crippen MR) is 132 cm³/mol. The molecule has 1 amide bonds. The number of carbonyl (C=O) groups is 1. The van der Waals surface area contributed by atoms with E-state index in [2.05, 4.69) is 5.32 Å². The molecule has 0 fully saturated rings. The van der Waals surface area contributed by atoms with Crippen LogP contribution in [0.4, 0.5) is 11.4 Å². The van der Waals surface area contributed by atoms with Gasteiger partial charge in [0.1, 0.15) is 12.3 Å². The van der Waals surface area contributed by atoms with Crippen molar-refractivity contribution in [3.63, 3.8) is 0 Å². The fourth-order valence-electron chi connectivity index (χ4n) is 3.55. The molecule has 180 valence electrons. The van der Waals surface area contributed by atoms with Gasteiger partial charge in [0.25, 0.3) is 10.0 Å². The van der Waals surface area contributed by atoms with Gasteiger partial charge in [0.15, 0.2) is 11.5 Å². The molecule has 34 heavy (non-hydrogen) atoms. The minimum absolute atomic E-state index is 0.0415. The van der Waals surface area contributed by atoms with E-state index in [-0.39, 0.29) is 10.6 Å². The Bertz CT molecular complexity index is 1250.